The third-order valence-corrected chi connectivity index (χ3v) is 2.90. The van der Waals surface area contributed by atoms with E-state index in [4.69, 9.17) is 11.5 Å². The first-order valence-corrected chi connectivity index (χ1v) is 6.69. The quantitative estimate of drug-likeness (QED) is 0.750. The lowest BCUT2D eigenvalue weighted by Gasteiger charge is -2.17. The van der Waals surface area contributed by atoms with Crippen LogP contribution >= 0.6 is 0 Å². The molecule has 0 spiro atoms. The lowest BCUT2D eigenvalue weighted by Crippen LogP contribution is -2.37. The van der Waals surface area contributed by atoms with Gasteiger partial charge in [0.15, 0.2) is 0 Å². The molecule has 112 valence electrons. The number of nitrogens with one attached hydrogen (secondary N) is 1. The van der Waals surface area contributed by atoms with Gasteiger partial charge >= 0.3 is 5.97 Å². The second-order valence-corrected chi connectivity index (χ2v) is 5.07. The smallest absolute Gasteiger partial charge is 0.317 e. The van der Waals surface area contributed by atoms with Crippen LogP contribution in [0.3, 0.4) is 0 Å². The summed E-state index contributed by atoms with van der Waals surface area (Å²) >= 11 is 0. The van der Waals surface area contributed by atoms with Gasteiger partial charge in [0.25, 0.3) is 0 Å². The first-order valence-electron chi connectivity index (χ1n) is 6.69. The standard InChI is InChI=1S/C16H20N2O3/c1-4-9-18(11-16(20)21)10-15(19)17-14-7-5-13(6-8-14)12(2)3/h1,5-8,12H,9-11H2,2-3H3,(H,17,19)(H,20,21). The normalized spacial score (nSPS) is 10.4. The minimum absolute atomic E-state index is 0.0531. The van der Waals surface area contributed by atoms with Gasteiger partial charge in [0.2, 0.25) is 5.91 Å². The van der Waals surface area contributed by atoms with Crippen LogP contribution in [0.25, 0.3) is 0 Å². The van der Waals surface area contributed by atoms with E-state index in [2.05, 4.69) is 25.1 Å². The fourth-order valence-corrected chi connectivity index (χ4v) is 1.84. The van der Waals surface area contributed by atoms with E-state index in [1.54, 1.807) is 0 Å². The highest BCUT2D eigenvalue weighted by Crippen LogP contribution is 2.17. The lowest BCUT2D eigenvalue weighted by molar-refractivity contribution is -0.138. The molecule has 1 amide bonds. The maximum absolute atomic E-state index is 11.9. The van der Waals surface area contributed by atoms with E-state index >= 15 is 0 Å². The molecular formula is C16H20N2O3. The Hall–Kier alpha value is -2.32. The fourth-order valence-electron chi connectivity index (χ4n) is 1.84. The molecule has 0 aromatic heterocycles. The van der Waals surface area contributed by atoms with Crippen molar-refractivity contribution in [1.82, 2.24) is 4.90 Å². The van der Waals surface area contributed by atoms with E-state index in [1.807, 2.05) is 24.3 Å². The second kappa shape index (κ2) is 8.08. The number of benzene rings is 1. The number of carbonyl (C=O) groups excluding carboxylic acids is 1. The molecule has 0 fully saturated rings. The largest absolute Gasteiger partial charge is 0.480 e. The number of carboxylic acids is 1. The molecule has 1 rings (SSSR count). The number of hydrogen-bond donors (Lipinski definition) is 2. The number of aliphatic carboxylic acids is 1. The van der Waals surface area contributed by atoms with Gasteiger partial charge in [-0.3, -0.25) is 14.5 Å². The first-order chi connectivity index (χ1) is 9.92. The Morgan fingerprint density at radius 3 is 2.38 bits per heavy atom. The number of carboxylic acid groups (broad SMARTS) is 1. The predicted octanol–water partition coefficient (Wildman–Crippen LogP) is 1.77. The van der Waals surface area contributed by atoms with E-state index in [0.29, 0.717) is 11.6 Å². The Labute approximate surface area is 125 Å². The monoisotopic (exact) mass is 288 g/mol. The summed E-state index contributed by atoms with van der Waals surface area (Å²) < 4.78 is 0. The van der Waals surface area contributed by atoms with Gasteiger partial charge in [-0.05, 0) is 23.6 Å². The molecule has 5 heteroatoms. The van der Waals surface area contributed by atoms with Crippen LogP contribution in [0.4, 0.5) is 5.69 Å². The van der Waals surface area contributed by atoms with Crippen LogP contribution in [0, 0.1) is 12.3 Å². The fraction of sp³-hybridized carbons (Fsp3) is 0.375. The number of terminal acetylenes is 1. The van der Waals surface area contributed by atoms with Crippen LogP contribution in [0.5, 0.6) is 0 Å². The van der Waals surface area contributed by atoms with Crippen molar-refractivity contribution in [2.45, 2.75) is 19.8 Å². The molecular weight excluding hydrogens is 268 g/mol. The number of anilines is 1. The molecule has 1 aromatic rings. The van der Waals surface area contributed by atoms with Crippen molar-refractivity contribution in [2.75, 3.05) is 25.0 Å². The summed E-state index contributed by atoms with van der Waals surface area (Å²) in [6, 6.07) is 7.57. The number of hydrogen-bond acceptors (Lipinski definition) is 3. The lowest BCUT2D eigenvalue weighted by atomic mass is 10.0. The average molecular weight is 288 g/mol. The zero-order chi connectivity index (χ0) is 15.8. The molecule has 0 aliphatic heterocycles. The third kappa shape index (κ3) is 6.11. The second-order valence-electron chi connectivity index (χ2n) is 5.07. The van der Waals surface area contributed by atoms with E-state index in [9.17, 15) is 9.59 Å². The van der Waals surface area contributed by atoms with Crippen LogP contribution in [-0.2, 0) is 9.59 Å². The summed E-state index contributed by atoms with van der Waals surface area (Å²) in [5.41, 5.74) is 1.87. The van der Waals surface area contributed by atoms with Gasteiger partial charge in [-0.2, -0.15) is 0 Å². The summed E-state index contributed by atoms with van der Waals surface area (Å²) in [5, 5.41) is 11.5. The van der Waals surface area contributed by atoms with Crippen molar-refractivity contribution in [3.05, 3.63) is 29.8 Å². The molecule has 1 aromatic carbocycles. The molecule has 0 aliphatic carbocycles. The van der Waals surface area contributed by atoms with Gasteiger partial charge < -0.3 is 10.4 Å². The highest BCUT2D eigenvalue weighted by atomic mass is 16.4. The number of amides is 1. The predicted molar refractivity (Wildman–Crippen MR) is 82.1 cm³/mol. The summed E-state index contributed by atoms with van der Waals surface area (Å²) in [6.07, 6.45) is 5.16. The number of nitrogens with zero attached hydrogens (tertiary/aromatic N) is 1. The van der Waals surface area contributed by atoms with Crippen LogP contribution in [0.1, 0.15) is 25.3 Å². The van der Waals surface area contributed by atoms with Gasteiger partial charge in [-0.1, -0.05) is 31.9 Å². The summed E-state index contributed by atoms with van der Waals surface area (Å²) in [4.78, 5) is 24.0. The highest BCUT2D eigenvalue weighted by Gasteiger charge is 2.13. The Morgan fingerprint density at radius 1 is 1.29 bits per heavy atom. The summed E-state index contributed by atoms with van der Waals surface area (Å²) in [5.74, 6) is 1.47. The van der Waals surface area contributed by atoms with Gasteiger partial charge in [0.05, 0.1) is 19.6 Å². The number of carbonyl (C=O) groups is 2. The SMILES string of the molecule is C#CCN(CC(=O)O)CC(=O)Nc1ccc(C(C)C)cc1. The Balaban J connectivity index is 2.59. The van der Waals surface area contributed by atoms with Gasteiger partial charge in [0, 0.05) is 5.69 Å². The van der Waals surface area contributed by atoms with Crippen molar-refractivity contribution in [2.24, 2.45) is 0 Å². The van der Waals surface area contributed by atoms with Crippen LogP contribution in [-0.4, -0.2) is 41.5 Å². The summed E-state index contributed by atoms with van der Waals surface area (Å²) in [7, 11) is 0. The molecule has 2 N–H and O–H groups in total. The van der Waals surface area contributed by atoms with E-state index in [1.165, 1.54) is 10.5 Å². The molecule has 0 saturated heterocycles. The molecule has 0 aliphatic rings. The van der Waals surface area contributed by atoms with Gasteiger partial charge in [-0.25, -0.2) is 0 Å². The minimum Gasteiger partial charge on any atom is -0.480 e. The molecule has 0 unspecified atom stereocenters. The van der Waals surface area contributed by atoms with Gasteiger partial charge in [-0.15, -0.1) is 6.42 Å². The molecule has 0 atom stereocenters. The van der Waals surface area contributed by atoms with Crippen LogP contribution in [0.15, 0.2) is 24.3 Å². The Bertz CT molecular complexity index is 529. The first kappa shape index (κ1) is 16.7. The molecule has 0 bridgehead atoms. The highest BCUT2D eigenvalue weighted by molar-refractivity contribution is 5.92. The maximum Gasteiger partial charge on any atom is 0.317 e. The number of rotatable bonds is 7. The summed E-state index contributed by atoms with van der Waals surface area (Å²) in [6.45, 7) is 3.99. The van der Waals surface area contributed by atoms with E-state index in [-0.39, 0.29) is 25.5 Å². The zero-order valence-corrected chi connectivity index (χ0v) is 12.3. The molecule has 5 nitrogen and oxygen atoms in total. The van der Waals surface area contributed by atoms with Crippen molar-refractivity contribution in [3.63, 3.8) is 0 Å². The molecule has 21 heavy (non-hydrogen) atoms. The zero-order valence-electron chi connectivity index (χ0n) is 12.3. The molecule has 0 radical (unpaired) electrons. The van der Waals surface area contributed by atoms with Crippen molar-refractivity contribution in [1.29, 1.82) is 0 Å². The third-order valence-electron chi connectivity index (χ3n) is 2.90. The Morgan fingerprint density at radius 2 is 1.90 bits per heavy atom. The van der Waals surface area contributed by atoms with Crippen LogP contribution < -0.4 is 5.32 Å². The van der Waals surface area contributed by atoms with Crippen molar-refractivity contribution >= 4 is 17.6 Å². The van der Waals surface area contributed by atoms with Crippen molar-refractivity contribution in [3.8, 4) is 12.3 Å². The van der Waals surface area contributed by atoms with Gasteiger partial charge in [0.1, 0.15) is 0 Å². The minimum atomic E-state index is -1.01. The average Bonchev–Trinajstić information content (AvgIpc) is 2.38. The van der Waals surface area contributed by atoms with E-state index in [0.717, 1.165) is 0 Å². The topological polar surface area (TPSA) is 69.6 Å². The Kier molecular flexibility index (Phi) is 6.44. The van der Waals surface area contributed by atoms with E-state index < -0.39 is 5.97 Å². The molecule has 0 heterocycles. The maximum atomic E-state index is 11.9. The van der Waals surface area contributed by atoms with Crippen molar-refractivity contribution < 1.29 is 14.7 Å². The van der Waals surface area contributed by atoms with Crippen LogP contribution in [0.2, 0.25) is 0 Å². The molecule has 0 saturated carbocycles.